The van der Waals surface area contributed by atoms with E-state index in [4.69, 9.17) is 9.47 Å². The Bertz CT molecular complexity index is 1480. The van der Waals surface area contributed by atoms with Crippen molar-refractivity contribution in [1.29, 1.82) is 0 Å². The Labute approximate surface area is 207 Å². The van der Waals surface area contributed by atoms with Crippen LogP contribution in [0.15, 0.2) is 29.3 Å². The molecular formula is C23H21F2N7O5. The van der Waals surface area contributed by atoms with E-state index in [1.54, 1.807) is 0 Å². The molecule has 6 rings (SSSR count). The standard InChI is InChI=1S/C23H21F2N7O5/c24-12-6-14-16(7-13(12)25)31(20(34)9-27-14)4-3-26-11-1-2-15-17(5-11)37-23(35)32(15)22-28-8-18-21(30-22)29-19(33)10-36-18/h6-9,11,15,17,26H,1-5,10H2,(H,28,29,30,33)/t11-,15-,17-/m1/s1. The lowest BCUT2D eigenvalue weighted by Crippen LogP contribution is -2.47. The average molecular weight is 513 g/mol. The molecule has 2 aromatic heterocycles. The summed E-state index contributed by atoms with van der Waals surface area (Å²) in [7, 11) is 0. The van der Waals surface area contributed by atoms with Crippen LogP contribution in [0.3, 0.4) is 0 Å². The van der Waals surface area contributed by atoms with Gasteiger partial charge in [0.2, 0.25) is 5.95 Å². The second-order valence-electron chi connectivity index (χ2n) is 9.05. The highest BCUT2D eigenvalue weighted by molar-refractivity contribution is 5.95. The fourth-order valence-corrected chi connectivity index (χ4v) is 5.03. The van der Waals surface area contributed by atoms with E-state index in [9.17, 15) is 23.2 Å². The third-order valence-electron chi connectivity index (χ3n) is 6.77. The van der Waals surface area contributed by atoms with Crippen molar-refractivity contribution in [3.8, 4) is 5.75 Å². The molecule has 0 bridgehead atoms. The van der Waals surface area contributed by atoms with Crippen molar-refractivity contribution >= 4 is 34.8 Å². The number of ether oxygens (including phenoxy) is 2. The number of nitrogens with zero attached hydrogens (tertiary/aromatic N) is 5. The second-order valence-corrected chi connectivity index (χ2v) is 9.05. The fourth-order valence-electron chi connectivity index (χ4n) is 5.03. The van der Waals surface area contributed by atoms with E-state index >= 15 is 0 Å². The predicted octanol–water partition coefficient (Wildman–Crippen LogP) is 1.33. The average Bonchev–Trinajstić information content (AvgIpc) is 3.21. The van der Waals surface area contributed by atoms with Crippen molar-refractivity contribution in [2.24, 2.45) is 0 Å². The highest BCUT2D eigenvalue weighted by Gasteiger charge is 2.47. The summed E-state index contributed by atoms with van der Waals surface area (Å²) in [6.07, 6.45) is 3.38. The zero-order chi connectivity index (χ0) is 25.7. The molecule has 2 aliphatic heterocycles. The van der Waals surface area contributed by atoms with E-state index in [2.05, 4.69) is 25.6 Å². The lowest BCUT2D eigenvalue weighted by molar-refractivity contribution is -0.118. The first-order valence-corrected chi connectivity index (χ1v) is 11.7. The smallest absolute Gasteiger partial charge is 0.417 e. The van der Waals surface area contributed by atoms with Crippen molar-refractivity contribution in [2.45, 2.75) is 44.0 Å². The van der Waals surface area contributed by atoms with Crippen LogP contribution in [0.2, 0.25) is 0 Å². The summed E-state index contributed by atoms with van der Waals surface area (Å²) >= 11 is 0. The quantitative estimate of drug-likeness (QED) is 0.517. The number of carbonyl (C=O) groups is 2. The van der Waals surface area contributed by atoms with Crippen LogP contribution in [0.1, 0.15) is 19.3 Å². The van der Waals surface area contributed by atoms with E-state index in [0.717, 1.165) is 18.3 Å². The van der Waals surface area contributed by atoms with Crippen LogP contribution in [0.4, 0.5) is 25.3 Å². The van der Waals surface area contributed by atoms with E-state index in [1.165, 1.54) is 15.7 Å². The number of amides is 2. The molecule has 2 fully saturated rings. The van der Waals surface area contributed by atoms with Crippen LogP contribution in [-0.4, -0.2) is 62.9 Å². The Morgan fingerprint density at radius 3 is 2.81 bits per heavy atom. The number of carbonyl (C=O) groups excluding carboxylic acids is 2. The topological polar surface area (TPSA) is 141 Å². The monoisotopic (exact) mass is 513 g/mol. The number of fused-ring (bicyclic) bond motifs is 3. The molecule has 0 spiro atoms. The molecule has 1 saturated heterocycles. The molecule has 192 valence electrons. The van der Waals surface area contributed by atoms with Gasteiger partial charge in [-0.2, -0.15) is 4.98 Å². The minimum atomic E-state index is -1.05. The number of anilines is 2. The molecule has 2 N–H and O–H groups in total. The van der Waals surface area contributed by atoms with E-state index in [-0.39, 0.29) is 53.9 Å². The third kappa shape index (κ3) is 4.22. The zero-order valence-electron chi connectivity index (χ0n) is 19.3. The highest BCUT2D eigenvalue weighted by atomic mass is 19.2. The Morgan fingerprint density at radius 2 is 1.95 bits per heavy atom. The molecule has 1 aromatic carbocycles. The summed E-state index contributed by atoms with van der Waals surface area (Å²) in [6.45, 7) is 0.476. The Kier molecular flexibility index (Phi) is 5.67. The van der Waals surface area contributed by atoms with Gasteiger partial charge in [-0.1, -0.05) is 0 Å². The molecule has 3 atom stereocenters. The molecule has 4 heterocycles. The van der Waals surface area contributed by atoms with Crippen molar-refractivity contribution in [1.82, 2.24) is 24.8 Å². The summed E-state index contributed by atoms with van der Waals surface area (Å²) in [5.41, 5.74) is -0.0209. The van der Waals surface area contributed by atoms with Crippen LogP contribution in [-0.2, 0) is 16.1 Å². The summed E-state index contributed by atoms with van der Waals surface area (Å²) in [5, 5.41) is 5.97. The molecule has 37 heavy (non-hydrogen) atoms. The molecule has 0 radical (unpaired) electrons. The molecule has 3 aromatic rings. The Hall–Kier alpha value is -4.20. The van der Waals surface area contributed by atoms with Crippen molar-refractivity contribution < 1.29 is 27.8 Å². The van der Waals surface area contributed by atoms with Crippen LogP contribution in [0, 0.1) is 11.6 Å². The van der Waals surface area contributed by atoms with E-state index in [0.29, 0.717) is 31.6 Å². The van der Waals surface area contributed by atoms with Gasteiger partial charge in [-0.15, -0.1) is 0 Å². The summed E-state index contributed by atoms with van der Waals surface area (Å²) in [4.78, 5) is 50.4. The highest BCUT2D eigenvalue weighted by Crippen LogP contribution is 2.36. The number of hydrogen-bond donors (Lipinski definition) is 2. The largest absolute Gasteiger partial charge is 0.478 e. The van der Waals surface area contributed by atoms with Crippen LogP contribution in [0.5, 0.6) is 5.75 Å². The maximum Gasteiger partial charge on any atom is 0.417 e. The van der Waals surface area contributed by atoms with Gasteiger partial charge in [0.15, 0.2) is 29.8 Å². The number of benzene rings is 1. The second kappa shape index (κ2) is 9.03. The maximum atomic E-state index is 13.8. The SMILES string of the molecule is O=C1COc2cnc(N3C(=O)O[C@@H]4C[C@H](NCCn5c(=O)cnc6cc(F)c(F)cc65)CC[C@H]43)nc2N1. The first-order valence-electron chi connectivity index (χ1n) is 11.7. The van der Waals surface area contributed by atoms with Gasteiger partial charge in [0.05, 0.1) is 29.5 Å². The molecule has 3 aliphatic rings. The number of aromatic nitrogens is 4. The van der Waals surface area contributed by atoms with Crippen molar-refractivity contribution in [3.05, 3.63) is 46.5 Å². The van der Waals surface area contributed by atoms with Gasteiger partial charge in [-0.25, -0.2) is 28.4 Å². The Morgan fingerprint density at radius 1 is 1.11 bits per heavy atom. The lowest BCUT2D eigenvalue weighted by Gasteiger charge is -2.32. The fraction of sp³-hybridized carbons (Fsp3) is 0.391. The van der Waals surface area contributed by atoms with Crippen molar-refractivity contribution in [3.63, 3.8) is 0 Å². The van der Waals surface area contributed by atoms with Crippen LogP contribution < -0.4 is 25.8 Å². The predicted molar refractivity (Wildman–Crippen MR) is 124 cm³/mol. The minimum absolute atomic E-state index is 0.00382. The zero-order valence-corrected chi connectivity index (χ0v) is 19.3. The maximum absolute atomic E-state index is 13.8. The van der Waals surface area contributed by atoms with Crippen LogP contribution >= 0.6 is 0 Å². The van der Waals surface area contributed by atoms with Crippen molar-refractivity contribution in [2.75, 3.05) is 23.4 Å². The summed E-state index contributed by atoms with van der Waals surface area (Å²) in [6, 6.07) is 1.66. The molecule has 1 saturated carbocycles. The molecule has 12 nitrogen and oxygen atoms in total. The van der Waals surface area contributed by atoms with Gasteiger partial charge in [0, 0.05) is 37.7 Å². The summed E-state index contributed by atoms with van der Waals surface area (Å²) < 4.78 is 39.5. The number of nitrogens with one attached hydrogen (secondary N) is 2. The Balaban J connectivity index is 1.11. The van der Waals surface area contributed by atoms with Gasteiger partial charge in [0.25, 0.3) is 11.5 Å². The first-order chi connectivity index (χ1) is 17.9. The minimum Gasteiger partial charge on any atom is -0.478 e. The van der Waals surface area contributed by atoms with Gasteiger partial charge in [0.1, 0.15) is 6.10 Å². The third-order valence-corrected chi connectivity index (χ3v) is 6.77. The molecule has 1 aliphatic carbocycles. The first kappa shape index (κ1) is 23.2. The van der Waals surface area contributed by atoms with Gasteiger partial charge < -0.3 is 24.7 Å². The van der Waals surface area contributed by atoms with Gasteiger partial charge in [-0.3, -0.25) is 9.59 Å². The van der Waals surface area contributed by atoms with Gasteiger partial charge >= 0.3 is 6.09 Å². The molecule has 0 unspecified atom stereocenters. The number of hydrogen-bond acceptors (Lipinski definition) is 9. The summed E-state index contributed by atoms with van der Waals surface area (Å²) in [5.74, 6) is -1.76. The van der Waals surface area contributed by atoms with E-state index in [1.807, 2.05) is 0 Å². The normalized spacial score (nSPS) is 22.8. The molecule has 14 heteroatoms. The number of rotatable bonds is 5. The molecule has 2 amide bonds. The van der Waals surface area contributed by atoms with E-state index < -0.39 is 29.4 Å². The number of halogens is 2. The van der Waals surface area contributed by atoms with Crippen LogP contribution in [0.25, 0.3) is 11.0 Å². The van der Waals surface area contributed by atoms with Gasteiger partial charge in [-0.05, 0) is 12.8 Å². The lowest BCUT2D eigenvalue weighted by atomic mass is 9.88. The molecular weight excluding hydrogens is 492 g/mol.